The van der Waals surface area contributed by atoms with E-state index < -0.39 is 11.9 Å². The van der Waals surface area contributed by atoms with Crippen LogP contribution in [0.1, 0.15) is 40.1 Å². The molecule has 0 unspecified atom stereocenters. The molecule has 0 radical (unpaired) electrons. The van der Waals surface area contributed by atoms with Gasteiger partial charge < -0.3 is 14.2 Å². The molecule has 176 valence electrons. The normalized spacial score (nSPS) is 10.7. The molecule has 0 aliphatic rings. The van der Waals surface area contributed by atoms with E-state index in [9.17, 15) is 9.59 Å². The molecule has 0 fully saturated rings. The van der Waals surface area contributed by atoms with Crippen molar-refractivity contribution < 1.29 is 23.8 Å². The molecule has 0 aromatic heterocycles. The maximum atomic E-state index is 12.5. The van der Waals surface area contributed by atoms with E-state index in [1.54, 1.807) is 48.5 Å². The minimum absolute atomic E-state index is 0.220. The molecule has 1 amide bonds. The first kappa shape index (κ1) is 25.1. The summed E-state index contributed by atoms with van der Waals surface area (Å²) in [6.07, 6.45) is 1.43. The highest BCUT2D eigenvalue weighted by Crippen LogP contribution is 2.29. The van der Waals surface area contributed by atoms with Crippen LogP contribution < -0.4 is 19.6 Å². The van der Waals surface area contributed by atoms with Crippen molar-refractivity contribution in [2.24, 2.45) is 5.10 Å². The maximum absolute atomic E-state index is 12.5. The highest BCUT2D eigenvalue weighted by Gasteiger charge is 2.14. The molecule has 0 aliphatic heterocycles. The Labute approximate surface area is 207 Å². The quantitative estimate of drug-likeness (QED) is 0.174. The van der Waals surface area contributed by atoms with Gasteiger partial charge in [-0.3, -0.25) is 4.79 Å². The van der Waals surface area contributed by atoms with Crippen LogP contribution in [-0.2, 0) is 0 Å². The van der Waals surface area contributed by atoms with E-state index in [-0.39, 0.29) is 16.3 Å². The van der Waals surface area contributed by atoms with Crippen LogP contribution in [0.15, 0.2) is 65.8 Å². The van der Waals surface area contributed by atoms with Gasteiger partial charge in [-0.1, -0.05) is 23.2 Å². The van der Waals surface area contributed by atoms with Crippen molar-refractivity contribution in [1.82, 2.24) is 5.43 Å². The van der Waals surface area contributed by atoms with Gasteiger partial charge in [0.15, 0.2) is 11.5 Å². The number of nitrogens with one attached hydrogen (secondary N) is 1. The molecular weight excluding hydrogens is 479 g/mol. The van der Waals surface area contributed by atoms with Crippen molar-refractivity contribution in [3.8, 4) is 17.2 Å². The second kappa shape index (κ2) is 12.1. The number of esters is 1. The number of carbonyl (C=O) groups is 2. The Hall–Kier alpha value is -3.55. The fourth-order valence-corrected chi connectivity index (χ4v) is 3.36. The second-order valence-corrected chi connectivity index (χ2v) is 7.65. The first-order chi connectivity index (χ1) is 16.4. The second-order valence-electron chi connectivity index (χ2n) is 6.81. The van der Waals surface area contributed by atoms with Crippen LogP contribution in [0, 0.1) is 0 Å². The Balaban J connectivity index is 1.69. The number of nitrogens with zero attached hydrogens (tertiary/aromatic N) is 1. The lowest BCUT2D eigenvalue weighted by atomic mass is 10.2. The fourth-order valence-electron chi connectivity index (χ4n) is 2.87. The maximum Gasteiger partial charge on any atom is 0.343 e. The van der Waals surface area contributed by atoms with E-state index in [2.05, 4.69) is 10.5 Å². The summed E-state index contributed by atoms with van der Waals surface area (Å²) < 4.78 is 16.5. The van der Waals surface area contributed by atoms with Gasteiger partial charge in [0.2, 0.25) is 0 Å². The summed E-state index contributed by atoms with van der Waals surface area (Å²) in [5, 5.41) is 4.60. The van der Waals surface area contributed by atoms with Crippen LogP contribution in [0.2, 0.25) is 10.0 Å². The lowest BCUT2D eigenvalue weighted by molar-refractivity contribution is 0.0728. The molecule has 0 atom stereocenters. The number of ether oxygens (including phenoxy) is 3. The first-order valence-electron chi connectivity index (χ1n) is 10.4. The Morgan fingerprint density at radius 2 is 1.65 bits per heavy atom. The summed E-state index contributed by atoms with van der Waals surface area (Å²) in [5.41, 5.74) is 3.65. The number of carbonyl (C=O) groups excluding carboxylic acids is 2. The van der Waals surface area contributed by atoms with Gasteiger partial charge in [0.25, 0.3) is 5.91 Å². The average molecular weight is 501 g/mol. The van der Waals surface area contributed by atoms with Crippen LogP contribution in [0.5, 0.6) is 17.2 Å². The minimum atomic E-state index is -0.530. The van der Waals surface area contributed by atoms with Crippen molar-refractivity contribution in [3.63, 3.8) is 0 Å². The Morgan fingerprint density at radius 1 is 0.912 bits per heavy atom. The van der Waals surface area contributed by atoms with Gasteiger partial charge in [-0.05, 0) is 80.1 Å². The van der Waals surface area contributed by atoms with E-state index in [1.807, 2.05) is 13.8 Å². The summed E-state index contributed by atoms with van der Waals surface area (Å²) in [5.74, 6) is 0.275. The summed E-state index contributed by atoms with van der Waals surface area (Å²) in [6, 6.07) is 16.1. The number of hydrogen-bond donors (Lipinski definition) is 1. The Kier molecular flexibility index (Phi) is 8.90. The zero-order valence-corrected chi connectivity index (χ0v) is 20.0. The SMILES string of the molecule is CCOc1ccc(C(=O)Oc2ccc(C=NNC(=O)c3ccc(Cl)cc3Cl)cc2OCC)cc1. The zero-order chi connectivity index (χ0) is 24.5. The molecule has 0 aliphatic carbocycles. The number of amides is 1. The highest BCUT2D eigenvalue weighted by molar-refractivity contribution is 6.36. The molecule has 0 heterocycles. The monoisotopic (exact) mass is 500 g/mol. The van der Waals surface area contributed by atoms with Gasteiger partial charge in [-0.2, -0.15) is 5.10 Å². The van der Waals surface area contributed by atoms with Crippen LogP contribution in [0.3, 0.4) is 0 Å². The highest BCUT2D eigenvalue weighted by atomic mass is 35.5. The molecular formula is C25H22Cl2N2O5. The summed E-state index contributed by atoms with van der Waals surface area (Å²) in [6.45, 7) is 4.60. The third-order valence-corrected chi connectivity index (χ3v) is 4.97. The standard InChI is InChI=1S/C25H22Cl2N2O5/c1-3-32-19-9-6-17(7-10-19)25(31)34-22-12-5-16(13-23(22)33-4-2)15-28-29-24(30)20-11-8-18(26)14-21(20)27/h5-15H,3-4H2,1-2H3,(H,29,30). The first-order valence-corrected chi connectivity index (χ1v) is 11.2. The van der Waals surface area contributed by atoms with Gasteiger partial charge in [0.05, 0.1) is 35.6 Å². The molecule has 0 saturated heterocycles. The molecule has 3 aromatic carbocycles. The topological polar surface area (TPSA) is 86.2 Å². The molecule has 7 nitrogen and oxygen atoms in total. The van der Waals surface area contributed by atoms with E-state index in [0.29, 0.717) is 40.9 Å². The molecule has 0 saturated carbocycles. The third kappa shape index (κ3) is 6.73. The van der Waals surface area contributed by atoms with Crippen LogP contribution in [-0.4, -0.2) is 31.3 Å². The van der Waals surface area contributed by atoms with Gasteiger partial charge in [0.1, 0.15) is 5.75 Å². The number of hydrogen-bond acceptors (Lipinski definition) is 6. The smallest absolute Gasteiger partial charge is 0.343 e. The molecule has 1 N–H and O–H groups in total. The average Bonchev–Trinajstić information content (AvgIpc) is 2.81. The lowest BCUT2D eigenvalue weighted by Crippen LogP contribution is -2.18. The van der Waals surface area contributed by atoms with Gasteiger partial charge in [-0.25, -0.2) is 10.2 Å². The van der Waals surface area contributed by atoms with E-state index in [1.165, 1.54) is 18.3 Å². The zero-order valence-electron chi connectivity index (χ0n) is 18.5. The molecule has 3 aromatic rings. The minimum Gasteiger partial charge on any atom is -0.494 e. The predicted octanol–water partition coefficient (Wildman–Crippen LogP) is 5.77. The van der Waals surface area contributed by atoms with Crippen molar-refractivity contribution in [2.45, 2.75) is 13.8 Å². The number of rotatable bonds is 9. The van der Waals surface area contributed by atoms with Crippen molar-refractivity contribution in [3.05, 3.63) is 87.4 Å². The van der Waals surface area contributed by atoms with Crippen molar-refractivity contribution >= 4 is 41.3 Å². The van der Waals surface area contributed by atoms with Crippen LogP contribution >= 0.6 is 23.2 Å². The Morgan fingerprint density at radius 3 is 2.32 bits per heavy atom. The van der Waals surface area contributed by atoms with Crippen molar-refractivity contribution in [2.75, 3.05) is 13.2 Å². The van der Waals surface area contributed by atoms with Crippen LogP contribution in [0.25, 0.3) is 0 Å². The largest absolute Gasteiger partial charge is 0.494 e. The third-order valence-electron chi connectivity index (χ3n) is 4.43. The van der Waals surface area contributed by atoms with Gasteiger partial charge >= 0.3 is 5.97 Å². The molecule has 0 bridgehead atoms. The Bertz CT molecular complexity index is 1200. The molecule has 9 heteroatoms. The van der Waals surface area contributed by atoms with Gasteiger partial charge in [-0.15, -0.1) is 0 Å². The van der Waals surface area contributed by atoms with E-state index >= 15 is 0 Å². The molecule has 3 rings (SSSR count). The summed E-state index contributed by atoms with van der Waals surface area (Å²) in [7, 11) is 0. The molecule has 34 heavy (non-hydrogen) atoms. The number of benzene rings is 3. The predicted molar refractivity (Wildman–Crippen MR) is 132 cm³/mol. The molecule has 0 spiro atoms. The van der Waals surface area contributed by atoms with Crippen LogP contribution in [0.4, 0.5) is 0 Å². The van der Waals surface area contributed by atoms with E-state index in [4.69, 9.17) is 37.4 Å². The fraction of sp³-hybridized carbons (Fsp3) is 0.160. The van der Waals surface area contributed by atoms with Gasteiger partial charge in [0, 0.05) is 5.02 Å². The number of hydrazone groups is 1. The lowest BCUT2D eigenvalue weighted by Gasteiger charge is -2.11. The van der Waals surface area contributed by atoms with E-state index in [0.717, 1.165) is 0 Å². The van der Waals surface area contributed by atoms with Crippen molar-refractivity contribution in [1.29, 1.82) is 0 Å². The summed E-state index contributed by atoms with van der Waals surface area (Å²) >= 11 is 11.9. The summed E-state index contributed by atoms with van der Waals surface area (Å²) in [4.78, 5) is 24.8. The number of halogens is 2.